The monoisotopic (exact) mass is 502 g/mol. The molecule has 2 aliphatic rings. The van der Waals surface area contributed by atoms with E-state index in [0.29, 0.717) is 13.0 Å². The number of para-hydroxylation sites is 1. The maximum absolute atomic E-state index is 13.7. The lowest BCUT2D eigenvalue weighted by molar-refractivity contribution is -0.321. The van der Waals surface area contributed by atoms with Crippen LogP contribution in [-0.4, -0.2) is 72.5 Å². The van der Waals surface area contributed by atoms with Gasteiger partial charge in [-0.25, -0.2) is 4.39 Å². The number of hydrogen-bond acceptors (Lipinski definition) is 6. The van der Waals surface area contributed by atoms with Crippen molar-refractivity contribution in [1.82, 2.24) is 15.5 Å². The maximum Gasteiger partial charge on any atom is 0.522 e. The van der Waals surface area contributed by atoms with E-state index >= 15 is 0 Å². The highest BCUT2D eigenvalue weighted by atomic mass is 19.4. The Hall–Kier alpha value is -3.55. The van der Waals surface area contributed by atoms with E-state index in [9.17, 15) is 41.5 Å². The van der Waals surface area contributed by atoms with Gasteiger partial charge in [-0.15, -0.1) is 13.2 Å². The first-order valence-corrected chi connectivity index (χ1v) is 10.6. The van der Waals surface area contributed by atoms with Crippen molar-refractivity contribution in [2.75, 3.05) is 25.0 Å². The van der Waals surface area contributed by atoms with Crippen LogP contribution < -0.4 is 16.0 Å². The van der Waals surface area contributed by atoms with Gasteiger partial charge in [-0.1, -0.05) is 12.1 Å². The van der Waals surface area contributed by atoms with Gasteiger partial charge in [0.1, 0.15) is 18.5 Å². The number of benzene rings is 1. The SMILES string of the molecule is O=C(Nc1ccccc1F)C(=O)N1CC[C@H]1C(=O)N[C@@H](C[C@@H]1CCNC1=O)C(=O)COC(F)(F)F. The number of carbonyl (C=O) groups is 5. The highest BCUT2D eigenvalue weighted by molar-refractivity contribution is 6.40. The molecule has 0 aliphatic carbocycles. The molecule has 2 heterocycles. The molecule has 0 unspecified atom stereocenters. The van der Waals surface area contributed by atoms with E-state index in [2.05, 4.69) is 20.7 Å². The predicted molar refractivity (Wildman–Crippen MR) is 110 cm³/mol. The Morgan fingerprint density at radius 1 is 1.17 bits per heavy atom. The molecule has 0 saturated carbocycles. The zero-order valence-corrected chi connectivity index (χ0v) is 18.2. The van der Waals surface area contributed by atoms with Crippen LogP contribution in [0.25, 0.3) is 0 Å². The molecule has 0 aromatic heterocycles. The maximum atomic E-state index is 13.7. The van der Waals surface area contributed by atoms with Crippen molar-refractivity contribution in [2.45, 2.75) is 37.7 Å². The van der Waals surface area contributed by atoms with Crippen molar-refractivity contribution < 1.29 is 46.3 Å². The summed E-state index contributed by atoms with van der Waals surface area (Å²) in [5, 5.41) is 6.92. The van der Waals surface area contributed by atoms with E-state index in [1.165, 1.54) is 18.2 Å². The fourth-order valence-corrected chi connectivity index (χ4v) is 3.72. The second kappa shape index (κ2) is 10.8. The predicted octanol–water partition coefficient (Wildman–Crippen LogP) is 0.482. The van der Waals surface area contributed by atoms with Gasteiger partial charge in [-0.05, 0) is 31.4 Å². The molecular formula is C21H22F4N4O6. The molecule has 4 amide bonds. The number of ketones is 1. The molecule has 14 heteroatoms. The lowest BCUT2D eigenvalue weighted by Gasteiger charge is -2.39. The quantitative estimate of drug-likeness (QED) is 0.350. The minimum absolute atomic E-state index is 0.0163. The fraction of sp³-hybridized carbons (Fsp3) is 0.476. The van der Waals surface area contributed by atoms with Crippen molar-refractivity contribution in [3.05, 3.63) is 30.1 Å². The first-order chi connectivity index (χ1) is 16.5. The van der Waals surface area contributed by atoms with Gasteiger partial charge in [-0.3, -0.25) is 28.7 Å². The minimum atomic E-state index is -5.07. The largest absolute Gasteiger partial charge is 0.522 e. The third-order valence-electron chi connectivity index (χ3n) is 5.67. The van der Waals surface area contributed by atoms with Crippen LogP contribution in [0.4, 0.5) is 23.2 Å². The topological polar surface area (TPSA) is 134 Å². The number of hydrogen-bond donors (Lipinski definition) is 3. The molecule has 1 aromatic carbocycles. The van der Waals surface area contributed by atoms with E-state index in [1.54, 1.807) is 0 Å². The lowest BCUT2D eigenvalue weighted by Crippen LogP contribution is -2.62. The number of likely N-dealkylation sites (tertiary alicyclic amines) is 1. The number of Topliss-reactive ketones (excluding diaryl/α,β-unsaturated/α-hetero) is 1. The standard InChI is InChI=1S/C21H22F4N4O6/c22-12-3-1-2-4-13(12)27-19(33)20(34)29-8-6-15(29)18(32)28-14(9-11-5-7-26-17(11)31)16(30)10-35-21(23,24)25/h1-4,11,14-15H,5-10H2,(H,26,31)(H,27,33)(H,28,32)/t11-,14-,15-/m0/s1. The average Bonchev–Trinajstić information content (AvgIpc) is 3.16. The van der Waals surface area contributed by atoms with Gasteiger partial charge in [0.15, 0.2) is 5.78 Å². The van der Waals surface area contributed by atoms with Gasteiger partial charge in [0, 0.05) is 19.0 Å². The molecule has 1 aromatic rings. The number of rotatable bonds is 8. The molecule has 10 nitrogen and oxygen atoms in total. The van der Waals surface area contributed by atoms with Crippen LogP contribution in [0.5, 0.6) is 0 Å². The van der Waals surface area contributed by atoms with Crippen LogP contribution in [0.1, 0.15) is 19.3 Å². The van der Waals surface area contributed by atoms with Gasteiger partial charge >= 0.3 is 18.2 Å². The van der Waals surface area contributed by atoms with E-state index in [0.717, 1.165) is 11.0 Å². The van der Waals surface area contributed by atoms with Crippen LogP contribution in [-0.2, 0) is 28.7 Å². The Morgan fingerprint density at radius 3 is 2.46 bits per heavy atom. The molecule has 35 heavy (non-hydrogen) atoms. The molecule has 0 bridgehead atoms. The first-order valence-electron chi connectivity index (χ1n) is 10.6. The van der Waals surface area contributed by atoms with Crippen molar-refractivity contribution in [3.8, 4) is 0 Å². The van der Waals surface area contributed by atoms with Gasteiger partial charge in [0.05, 0.1) is 11.7 Å². The number of ether oxygens (including phenoxy) is 1. The average molecular weight is 502 g/mol. The molecule has 3 N–H and O–H groups in total. The number of nitrogens with zero attached hydrogens (tertiary/aromatic N) is 1. The summed E-state index contributed by atoms with van der Waals surface area (Å²) in [6.45, 7) is -1.04. The summed E-state index contributed by atoms with van der Waals surface area (Å²) in [4.78, 5) is 62.5. The van der Waals surface area contributed by atoms with Crippen LogP contribution in [0.2, 0.25) is 0 Å². The Balaban J connectivity index is 1.63. The smallest absolute Gasteiger partial charge is 0.356 e. The zero-order valence-electron chi connectivity index (χ0n) is 18.2. The molecule has 0 spiro atoms. The van der Waals surface area contributed by atoms with Crippen LogP contribution in [0, 0.1) is 11.7 Å². The summed E-state index contributed by atoms with van der Waals surface area (Å²) in [6, 6.07) is 2.47. The van der Waals surface area contributed by atoms with E-state index < -0.39 is 66.2 Å². The molecule has 190 valence electrons. The Bertz CT molecular complexity index is 1020. The second-order valence-electron chi connectivity index (χ2n) is 8.01. The van der Waals surface area contributed by atoms with Crippen molar-refractivity contribution in [2.24, 2.45) is 5.92 Å². The molecule has 3 rings (SSSR count). The van der Waals surface area contributed by atoms with E-state index in [1.807, 2.05) is 0 Å². The Morgan fingerprint density at radius 2 is 1.89 bits per heavy atom. The molecule has 2 saturated heterocycles. The van der Waals surface area contributed by atoms with E-state index in [4.69, 9.17) is 0 Å². The third-order valence-corrected chi connectivity index (χ3v) is 5.67. The van der Waals surface area contributed by atoms with E-state index in [-0.39, 0.29) is 25.1 Å². The first kappa shape index (κ1) is 26.1. The summed E-state index contributed by atoms with van der Waals surface area (Å²) in [7, 11) is 0. The van der Waals surface area contributed by atoms with Gasteiger partial charge in [-0.2, -0.15) is 0 Å². The number of anilines is 1. The molecular weight excluding hydrogens is 480 g/mol. The number of halogens is 4. The highest BCUT2D eigenvalue weighted by Gasteiger charge is 2.42. The normalized spacial score (nSPS) is 20.5. The summed E-state index contributed by atoms with van der Waals surface area (Å²) in [5.41, 5.74) is -0.238. The summed E-state index contributed by atoms with van der Waals surface area (Å²) < 4.78 is 54.4. The van der Waals surface area contributed by atoms with Crippen LogP contribution >= 0.6 is 0 Å². The lowest BCUT2D eigenvalue weighted by atomic mass is 9.94. The van der Waals surface area contributed by atoms with Gasteiger partial charge < -0.3 is 20.9 Å². The highest BCUT2D eigenvalue weighted by Crippen LogP contribution is 2.22. The van der Waals surface area contributed by atoms with Crippen molar-refractivity contribution >= 4 is 35.1 Å². The van der Waals surface area contributed by atoms with Gasteiger partial charge in [0.25, 0.3) is 0 Å². The van der Waals surface area contributed by atoms with Crippen LogP contribution in [0.15, 0.2) is 24.3 Å². The zero-order chi connectivity index (χ0) is 25.8. The third kappa shape index (κ3) is 6.74. The number of carbonyl (C=O) groups excluding carboxylic acids is 5. The Labute approximate surface area is 196 Å². The summed E-state index contributed by atoms with van der Waals surface area (Å²) in [5.74, 6) is -6.19. The Kier molecular flexibility index (Phi) is 8.04. The fourth-order valence-electron chi connectivity index (χ4n) is 3.72. The van der Waals surface area contributed by atoms with Crippen molar-refractivity contribution in [1.29, 1.82) is 0 Å². The molecule has 0 radical (unpaired) electrons. The number of nitrogens with one attached hydrogen (secondary N) is 3. The number of amides is 4. The molecule has 3 atom stereocenters. The molecule has 2 aliphatic heterocycles. The minimum Gasteiger partial charge on any atom is -0.356 e. The second-order valence-corrected chi connectivity index (χ2v) is 8.01. The molecule has 2 fully saturated rings. The van der Waals surface area contributed by atoms with Crippen LogP contribution in [0.3, 0.4) is 0 Å². The van der Waals surface area contributed by atoms with Gasteiger partial charge in [0.2, 0.25) is 11.8 Å². The number of alkyl halides is 3. The van der Waals surface area contributed by atoms with Crippen molar-refractivity contribution in [3.63, 3.8) is 0 Å². The summed E-state index contributed by atoms with van der Waals surface area (Å²) in [6.07, 6.45) is -4.89. The summed E-state index contributed by atoms with van der Waals surface area (Å²) >= 11 is 0.